The molecule has 0 aliphatic carbocycles. The van der Waals surface area contributed by atoms with Crippen molar-refractivity contribution in [2.24, 2.45) is 5.14 Å². The monoisotopic (exact) mass is 289 g/mol. The number of halogens is 1. The molecule has 2 atom stereocenters. The van der Waals surface area contributed by atoms with Gasteiger partial charge in [-0.3, -0.25) is 0 Å². The smallest absolute Gasteiger partial charge is 0.238 e. The Morgan fingerprint density at radius 3 is 2.74 bits per heavy atom. The van der Waals surface area contributed by atoms with Gasteiger partial charge in [0.2, 0.25) is 10.0 Å². The number of sulfonamides is 1. The van der Waals surface area contributed by atoms with Crippen LogP contribution in [0, 0.1) is 5.82 Å². The van der Waals surface area contributed by atoms with Crippen molar-refractivity contribution in [1.82, 2.24) is 0 Å². The fourth-order valence-corrected chi connectivity index (χ4v) is 2.49. The summed E-state index contributed by atoms with van der Waals surface area (Å²) in [7, 11) is -3.90. The third-order valence-corrected chi connectivity index (χ3v) is 3.89. The Labute approximate surface area is 111 Å². The second kappa shape index (κ2) is 5.44. The van der Waals surface area contributed by atoms with Gasteiger partial charge in [0.25, 0.3) is 0 Å². The van der Waals surface area contributed by atoms with Gasteiger partial charge in [-0.2, -0.15) is 0 Å². The molecule has 2 unspecified atom stereocenters. The summed E-state index contributed by atoms with van der Waals surface area (Å²) in [6.07, 6.45) is 1.98. The van der Waals surface area contributed by atoms with Crippen molar-refractivity contribution in [2.45, 2.75) is 36.9 Å². The molecular weight excluding hydrogens is 273 g/mol. The zero-order valence-electron chi connectivity index (χ0n) is 10.5. The highest BCUT2D eigenvalue weighted by atomic mass is 32.2. The van der Waals surface area contributed by atoms with Gasteiger partial charge in [-0.25, -0.2) is 17.9 Å². The van der Waals surface area contributed by atoms with Crippen molar-refractivity contribution in [3.8, 4) is 5.75 Å². The fourth-order valence-electron chi connectivity index (χ4n) is 1.97. The maximum Gasteiger partial charge on any atom is 0.238 e. The molecule has 7 heteroatoms. The summed E-state index contributed by atoms with van der Waals surface area (Å²) in [5.41, 5.74) is 0. The summed E-state index contributed by atoms with van der Waals surface area (Å²) in [6, 6.07) is 3.32. The molecule has 2 N–H and O–H groups in total. The van der Waals surface area contributed by atoms with E-state index in [9.17, 15) is 12.8 Å². The lowest BCUT2D eigenvalue weighted by atomic mass is 10.2. The van der Waals surface area contributed by atoms with Gasteiger partial charge in [0.1, 0.15) is 6.61 Å². The van der Waals surface area contributed by atoms with Crippen LogP contribution in [0.15, 0.2) is 23.1 Å². The summed E-state index contributed by atoms with van der Waals surface area (Å²) in [5.74, 6) is -0.756. The summed E-state index contributed by atoms with van der Waals surface area (Å²) < 4.78 is 46.6. The first kappa shape index (κ1) is 14.2. The van der Waals surface area contributed by atoms with Gasteiger partial charge in [-0.05, 0) is 38.0 Å². The van der Waals surface area contributed by atoms with Gasteiger partial charge in [-0.15, -0.1) is 0 Å². The van der Waals surface area contributed by atoms with Crippen LogP contribution in [-0.2, 0) is 14.8 Å². The summed E-state index contributed by atoms with van der Waals surface area (Å²) in [4.78, 5) is -0.275. The number of primary sulfonamides is 1. The molecule has 1 heterocycles. The van der Waals surface area contributed by atoms with Gasteiger partial charge in [0.05, 0.1) is 17.1 Å². The highest BCUT2D eigenvalue weighted by Crippen LogP contribution is 2.23. The molecule has 0 saturated carbocycles. The van der Waals surface area contributed by atoms with E-state index in [0.717, 1.165) is 18.9 Å². The molecule has 1 fully saturated rings. The van der Waals surface area contributed by atoms with Crippen LogP contribution in [0.4, 0.5) is 4.39 Å². The van der Waals surface area contributed by atoms with Crippen molar-refractivity contribution >= 4 is 10.0 Å². The molecule has 0 aromatic heterocycles. The van der Waals surface area contributed by atoms with Gasteiger partial charge in [0.15, 0.2) is 11.6 Å². The lowest BCUT2D eigenvalue weighted by molar-refractivity contribution is 0.0256. The van der Waals surface area contributed by atoms with Crippen LogP contribution < -0.4 is 9.88 Å². The zero-order valence-corrected chi connectivity index (χ0v) is 11.3. The van der Waals surface area contributed by atoms with Crippen molar-refractivity contribution in [3.05, 3.63) is 24.0 Å². The number of nitrogens with two attached hydrogens (primary N) is 1. The average Bonchev–Trinajstić information content (AvgIpc) is 2.72. The van der Waals surface area contributed by atoms with Gasteiger partial charge in [-0.1, -0.05) is 0 Å². The minimum atomic E-state index is -3.90. The maximum atomic E-state index is 13.6. The van der Waals surface area contributed by atoms with Crippen molar-refractivity contribution in [2.75, 3.05) is 6.61 Å². The minimum Gasteiger partial charge on any atom is -0.488 e. The molecular formula is C12H16FNO4S. The highest BCUT2D eigenvalue weighted by Gasteiger charge is 2.22. The van der Waals surface area contributed by atoms with Crippen molar-refractivity contribution in [1.29, 1.82) is 0 Å². The Morgan fingerprint density at radius 1 is 1.47 bits per heavy atom. The van der Waals surface area contributed by atoms with E-state index in [-0.39, 0.29) is 29.5 Å². The number of rotatable bonds is 4. The first-order valence-electron chi connectivity index (χ1n) is 5.97. The fraction of sp³-hybridized carbons (Fsp3) is 0.500. The van der Waals surface area contributed by atoms with Gasteiger partial charge < -0.3 is 9.47 Å². The normalized spacial score (nSPS) is 23.5. The largest absolute Gasteiger partial charge is 0.488 e. The lowest BCUT2D eigenvalue weighted by Gasteiger charge is -2.13. The van der Waals surface area contributed by atoms with Gasteiger partial charge in [0, 0.05) is 0 Å². The molecule has 1 aliphatic heterocycles. The summed E-state index contributed by atoms with van der Waals surface area (Å²) in [6.45, 7) is 2.22. The molecule has 0 bridgehead atoms. The number of hydrogen-bond acceptors (Lipinski definition) is 4. The Kier molecular flexibility index (Phi) is 4.07. The Hall–Kier alpha value is -1.18. The third kappa shape index (κ3) is 3.65. The van der Waals surface area contributed by atoms with E-state index in [0.29, 0.717) is 0 Å². The van der Waals surface area contributed by atoms with E-state index in [2.05, 4.69) is 0 Å². The quantitative estimate of drug-likeness (QED) is 0.909. The zero-order chi connectivity index (χ0) is 14.0. The van der Waals surface area contributed by atoms with E-state index in [1.807, 2.05) is 6.92 Å². The topological polar surface area (TPSA) is 78.6 Å². The van der Waals surface area contributed by atoms with E-state index in [4.69, 9.17) is 14.6 Å². The molecule has 0 amide bonds. The number of ether oxygens (including phenoxy) is 2. The molecule has 0 spiro atoms. The molecule has 2 rings (SSSR count). The second-order valence-corrected chi connectivity index (χ2v) is 6.16. The summed E-state index contributed by atoms with van der Waals surface area (Å²) >= 11 is 0. The van der Waals surface area contributed by atoms with E-state index in [1.165, 1.54) is 12.1 Å². The first-order chi connectivity index (χ1) is 8.86. The molecule has 0 radical (unpaired) electrons. The van der Waals surface area contributed by atoms with Crippen molar-refractivity contribution < 1.29 is 22.3 Å². The molecule has 1 saturated heterocycles. The third-order valence-electron chi connectivity index (χ3n) is 2.98. The molecule has 1 aliphatic rings. The molecule has 5 nitrogen and oxygen atoms in total. The lowest BCUT2D eigenvalue weighted by Crippen LogP contribution is -2.18. The minimum absolute atomic E-state index is 0.00412. The Balaban J connectivity index is 2.02. The van der Waals surface area contributed by atoms with E-state index >= 15 is 0 Å². The Morgan fingerprint density at radius 2 is 2.21 bits per heavy atom. The number of benzene rings is 1. The predicted octanol–water partition coefficient (Wildman–Crippen LogP) is 1.42. The van der Waals surface area contributed by atoms with Crippen LogP contribution in [0.1, 0.15) is 19.8 Å². The van der Waals surface area contributed by atoms with E-state index in [1.54, 1.807) is 0 Å². The van der Waals surface area contributed by atoms with Crippen LogP contribution in [0.25, 0.3) is 0 Å². The van der Waals surface area contributed by atoms with Crippen LogP contribution >= 0.6 is 0 Å². The number of hydrogen-bond donors (Lipinski definition) is 1. The maximum absolute atomic E-state index is 13.6. The molecule has 19 heavy (non-hydrogen) atoms. The first-order valence-corrected chi connectivity index (χ1v) is 7.51. The molecule has 1 aromatic rings. The van der Waals surface area contributed by atoms with Crippen LogP contribution in [0.2, 0.25) is 0 Å². The van der Waals surface area contributed by atoms with Crippen LogP contribution in [0.5, 0.6) is 5.75 Å². The molecule has 1 aromatic carbocycles. The van der Waals surface area contributed by atoms with Crippen molar-refractivity contribution in [3.63, 3.8) is 0 Å². The standard InChI is InChI=1S/C12H16FNO4S/c1-8-2-3-9(18-8)7-17-12-5-4-10(6-11(12)13)19(14,15)16/h4-6,8-9H,2-3,7H2,1H3,(H2,14,15,16). The van der Waals surface area contributed by atoms with E-state index < -0.39 is 15.8 Å². The predicted molar refractivity (Wildman–Crippen MR) is 66.8 cm³/mol. The van der Waals surface area contributed by atoms with Gasteiger partial charge >= 0.3 is 0 Å². The average molecular weight is 289 g/mol. The summed E-state index contributed by atoms with van der Waals surface area (Å²) in [5, 5.41) is 4.91. The second-order valence-electron chi connectivity index (χ2n) is 4.59. The van der Waals surface area contributed by atoms with Crippen LogP contribution in [-0.4, -0.2) is 27.2 Å². The highest BCUT2D eigenvalue weighted by molar-refractivity contribution is 7.89. The molecule has 106 valence electrons. The van der Waals surface area contributed by atoms with Crippen LogP contribution in [0.3, 0.4) is 0 Å². The SMILES string of the molecule is CC1CCC(COc2ccc(S(N)(=O)=O)cc2F)O1. The Bertz CT molecular complexity index is 561.